The number of benzene rings is 1. The summed E-state index contributed by atoms with van der Waals surface area (Å²) >= 11 is 5.86. The van der Waals surface area contributed by atoms with Crippen LogP contribution in [-0.2, 0) is 14.3 Å². The molecule has 1 heterocycles. The Labute approximate surface area is 167 Å². The van der Waals surface area contributed by atoms with Crippen LogP contribution in [0.2, 0.25) is 5.02 Å². The fraction of sp³-hybridized carbons (Fsp3) is 0.474. The van der Waals surface area contributed by atoms with Crippen LogP contribution in [0.25, 0.3) is 0 Å². The summed E-state index contributed by atoms with van der Waals surface area (Å²) in [4.78, 5) is 38.7. The van der Waals surface area contributed by atoms with E-state index in [2.05, 4.69) is 0 Å². The van der Waals surface area contributed by atoms with Crippen molar-refractivity contribution in [3.8, 4) is 0 Å². The number of allylic oxidation sites excluding steroid dienone is 2. The van der Waals surface area contributed by atoms with E-state index in [9.17, 15) is 19.7 Å². The second kappa shape index (κ2) is 9.05. The van der Waals surface area contributed by atoms with Gasteiger partial charge in [0.15, 0.2) is 6.61 Å². The highest BCUT2D eigenvalue weighted by Crippen LogP contribution is 2.31. The van der Waals surface area contributed by atoms with Crippen LogP contribution in [0.4, 0.5) is 11.4 Å². The van der Waals surface area contributed by atoms with Gasteiger partial charge in [-0.2, -0.15) is 0 Å². The van der Waals surface area contributed by atoms with Crippen molar-refractivity contribution in [2.75, 3.05) is 37.7 Å². The molecule has 0 saturated carbocycles. The zero-order valence-corrected chi connectivity index (χ0v) is 16.1. The third-order valence-electron chi connectivity index (χ3n) is 5.05. The number of amides is 1. The Bertz CT molecular complexity index is 790. The lowest BCUT2D eigenvalue weighted by Crippen LogP contribution is -2.50. The van der Waals surface area contributed by atoms with Crippen molar-refractivity contribution in [2.45, 2.75) is 19.3 Å². The number of rotatable bonds is 5. The van der Waals surface area contributed by atoms with E-state index >= 15 is 0 Å². The highest BCUT2D eigenvalue weighted by Gasteiger charge is 2.27. The molecule has 1 aromatic carbocycles. The maximum Gasteiger partial charge on any atom is 0.309 e. The molecule has 8 nitrogen and oxygen atoms in total. The SMILES string of the molecule is O=C(OCC(=O)N1CCN(c2ccc(Cl)cc2[N+](=O)[O-])CC1)[C@@H]1CC=CCC1. The van der Waals surface area contributed by atoms with Gasteiger partial charge in [0.05, 0.1) is 10.8 Å². The first kappa shape index (κ1) is 20.1. The summed E-state index contributed by atoms with van der Waals surface area (Å²) in [7, 11) is 0. The summed E-state index contributed by atoms with van der Waals surface area (Å²) in [6.45, 7) is 1.45. The van der Waals surface area contributed by atoms with Crippen LogP contribution in [0.5, 0.6) is 0 Å². The number of hydrogen-bond donors (Lipinski definition) is 0. The average Bonchev–Trinajstić information content (AvgIpc) is 2.72. The smallest absolute Gasteiger partial charge is 0.309 e. The van der Waals surface area contributed by atoms with E-state index in [1.54, 1.807) is 17.0 Å². The monoisotopic (exact) mass is 407 g/mol. The molecular formula is C19H22ClN3O5. The van der Waals surface area contributed by atoms with E-state index in [1.165, 1.54) is 6.07 Å². The molecule has 28 heavy (non-hydrogen) atoms. The Morgan fingerprint density at radius 2 is 1.96 bits per heavy atom. The zero-order chi connectivity index (χ0) is 20.1. The van der Waals surface area contributed by atoms with E-state index in [1.807, 2.05) is 17.1 Å². The van der Waals surface area contributed by atoms with Gasteiger partial charge in [0.1, 0.15) is 5.69 Å². The lowest BCUT2D eigenvalue weighted by atomic mass is 9.95. The van der Waals surface area contributed by atoms with Gasteiger partial charge >= 0.3 is 5.97 Å². The van der Waals surface area contributed by atoms with Crippen molar-refractivity contribution in [1.29, 1.82) is 0 Å². The van der Waals surface area contributed by atoms with Crippen molar-refractivity contribution in [3.05, 3.63) is 45.5 Å². The van der Waals surface area contributed by atoms with E-state index in [0.29, 0.717) is 43.3 Å². The molecule has 1 atom stereocenters. The number of nitrogens with zero attached hydrogens (tertiary/aromatic N) is 3. The van der Waals surface area contributed by atoms with Crippen molar-refractivity contribution in [1.82, 2.24) is 4.90 Å². The van der Waals surface area contributed by atoms with Gasteiger partial charge in [0.25, 0.3) is 11.6 Å². The van der Waals surface area contributed by atoms with Gasteiger partial charge in [0.2, 0.25) is 0 Å². The van der Waals surface area contributed by atoms with E-state index in [0.717, 1.165) is 12.8 Å². The number of ether oxygens (including phenoxy) is 1. The maximum atomic E-state index is 12.3. The number of esters is 1. The van der Waals surface area contributed by atoms with Gasteiger partial charge < -0.3 is 14.5 Å². The van der Waals surface area contributed by atoms with Crippen molar-refractivity contribution in [2.24, 2.45) is 5.92 Å². The summed E-state index contributed by atoms with van der Waals surface area (Å²) in [5.74, 6) is -0.738. The molecule has 150 valence electrons. The van der Waals surface area contributed by atoms with Gasteiger partial charge in [-0.1, -0.05) is 23.8 Å². The molecule has 0 N–H and O–H groups in total. The first-order valence-corrected chi connectivity index (χ1v) is 9.62. The molecular weight excluding hydrogens is 386 g/mol. The topological polar surface area (TPSA) is 93.0 Å². The summed E-state index contributed by atoms with van der Waals surface area (Å²) in [5.41, 5.74) is 0.431. The molecule has 0 spiro atoms. The Balaban J connectivity index is 1.51. The van der Waals surface area contributed by atoms with Crippen LogP contribution in [0.3, 0.4) is 0 Å². The highest BCUT2D eigenvalue weighted by molar-refractivity contribution is 6.30. The largest absolute Gasteiger partial charge is 0.455 e. The minimum atomic E-state index is -0.460. The molecule has 9 heteroatoms. The van der Waals surface area contributed by atoms with E-state index < -0.39 is 4.92 Å². The lowest BCUT2D eigenvalue weighted by Gasteiger charge is -2.35. The molecule has 1 aliphatic heterocycles. The summed E-state index contributed by atoms with van der Waals surface area (Å²) < 4.78 is 5.19. The van der Waals surface area contributed by atoms with Crippen molar-refractivity contribution < 1.29 is 19.2 Å². The third kappa shape index (κ3) is 4.81. The molecule has 1 aromatic rings. The molecule has 0 aromatic heterocycles. The molecule has 0 bridgehead atoms. The van der Waals surface area contributed by atoms with Crippen molar-refractivity contribution >= 4 is 34.9 Å². The molecule has 1 saturated heterocycles. The molecule has 1 fully saturated rings. The second-order valence-corrected chi connectivity index (χ2v) is 7.28. The molecule has 0 radical (unpaired) electrons. The van der Waals surface area contributed by atoms with Gasteiger partial charge in [-0.05, 0) is 31.4 Å². The Hall–Kier alpha value is -2.61. The number of nitro benzene ring substituents is 1. The lowest BCUT2D eigenvalue weighted by molar-refractivity contribution is -0.384. The number of halogens is 1. The number of piperazine rings is 1. The number of carbonyl (C=O) groups is 2. The molecule has 1 aliphatic carbocycles. The fourth-order valence-electron chi connectivity index (χ4n) is 3.46. The first-order chi connectivity index (χ1) is 13.5. The van der Waals surface area contributed by atoms with Crippen LogP contribution in [-0.4, -0.2) is 54.5 Å². The zero-order valence-electron chi connectivity index (χ0n) is 15.4. The van der Waals surface area contributed by atoms with Crippen LogP contribution in [0.15, 0.2) is 30.4 Å². The Kier molecular flexibility index (Phi) is 6.51. The number of carbonyl (C=O) groups excluding carboxylic acids is 2. The van der Waals surface area contributed by atoms with Crippen LogP contribution in [0.1, 0.15) is 19.3 Å². The summed E-state index contributed by atoms with van der Waals surface area (Å²) in [6, 6.07) is 4.56. The average molecular weight is 408 g/mol. The van der Waals surface area contributed by atoms with Crippen LogP contribution in [0, 0.1) is 16.0 Å². The van der Waals surface area contributed by atoms with Crippen molar-refractivity contribution in [3.63, 3.8) is 0 Å². The minimum Gasteiger partial charge on any atom is -0.455 e. The maximum absolute atomic E-state index is 12.3. The number of anilines is 1. The first-order valence-electron chi connectivity index (χ1n) is 9.24. The van der Waals surface area contributed by atoms with Gasteiger partial charge in [-0.15, -0.1) is 0 Å². The minimum absolute atomic E-state index is 0.0530. The van der Waals surface area contributed by atoms with Gasteiger partial charge in [-0.25, -0.2) is 0 Å². The van der Waals surface area contributed by atoms with E-state index in [-0.39, 0.29) is 30.1 Å². The standard InChI is InChI=1S/C19H22ClN3O5/c20-15-6-7-16(17(12-15)23(26)27)21-8-10-22(11-9-21)18(24)13-28-19(25)14-4-2-1-3-5-14/h1-2,6-7,12,14H,3-5,8-11,13H2/t14-/m1/s1. The molecule has 1 amide bonds. The predicted octanol–water partition coefficient (Wildman–Crippen LogP) is 2.80. The molecule has 0 unspecified atom stereocenters. The third-order valence-corrected chi connectivity index (χ3v) is 5.28. The van der Waals surface area contributed by atoms with Gasteiger partial charge in [-0.3, -0.25) is 19.7 Å². The summed E-state index contributed by atoms with van der Waals surface area (Å²) in [6.07, 6.45) is 6.27. The van der Waals surface area contributed by atoms with E-state index in [4.69, 9.17) is 16.3 Å². The Morgan fingerprint density at radius 3 is 2.61 bits per heavy atom. The molecule has 2 aliphatic rings. The highest BCUT2D eigenvalue weighted by atomic mass is 35.5. The van der Waals surface area contributed by atoms with Crippen LogP contribution < -0.4 is 4.90 Å². The molecule has 3 rings (SSSR count). The Morgan fingerprint density at radius 1 is 1.21 bits per heavy atom. The number of nitro groups is 1. The van der Waals surface area contributed by atoms with Crippen LogP contribution >= 0.6 is 11.6 Å². The summed E-state index contributed by atoms with van der Waals surface area (Å²) in [5, 5.41) is 11.6. The fourth-order valence-corrected chi connectivity index (χ4v) is 3.62. The van der Waals surface area contributed by atoms with Gasteiger partial charge in [0, 0.05) is 37.3 Å². The quantitative estimate of drug-likeness (QED) is 0.322. The normalized spacial score (nSPS) is 19.4. The second-order valence-electron chi connectivity index (χ2n) is 6.85. The number of hydrogen-bond acceptors (Lipinski definition) is 6. The predicted molar refractivity (Wildman–Crippen MR) is 104 cm³/mol.